The van der Waals surface area contributed by atoms with Gasteiger partial charge in [-0.25, -0.2) is 4.99 Å². The number of methoxy groups -OCH3 is 1. The lowest BCUT2D eigenvalue weighted by molar-refractivity contribution is 0.412. The van der Waals surface area contributed by atoms with Crippen LogP contribution in [0.25, 0.3) is 0 Å². The molecule has 0 aliphatic carbocycles. The Hall–Kier alpha value is -0.880. The van der Waals surface area contributed by atoms with Gasteiger partial charge in [-0.15, -0.1) is 0 Å². The molecular formula is C16H26BrN3OS. The van der Waals surface area contributed by atoms with E-state index in [0.717, 1.165) is 34.8 Å². The first-order chi connectivity index (χ1) is 10.7. The minimum absolute atomic E-state index is 0.642. The van der Waals surface area contributed by atoms with Gasteiger partial charge in [0.2, 0.25) is 0 Å². The Morgan fingerprint density at radius 1 is 1.32 bits per heavy atom. The van der Waals surface area contributed by atoms with Crippen molar-refractivity contribution in [2.24, 2.45) is 4.99 Å². The van der Waals surface area contributed by atoms with Crippen molar-refractivity contribution in [3.05, 3.63) is 28.2 Å². The first-order valence-corrected chi connectivity index (χ1v) is 9.73. The molecule has 0 saturated heterocycles. The zero-order chi connectivity index (χ0) is 16.2. The SMILES string of the molecule is CCNC(=NCc1ccc(OC)c(Br)c1)NCCCCSC. The van der Waals surface area contributed by atoms with Crippen LogP contribution in [0, 0.1) is 0 Å². The largest absolute Gasteiger partial charge is 0.496 e. The second kappa shape index (κ2) is 11.7. The smallest absolute Gasteiger partial charge is 0.191 e. The van der Waals surface area contributed by atoms with Gasteiger partial charge in [-0.05, 0) is 65.4 Å². The van der Waals surface area contributed by atoms with E-state index in [1.165, 1.54) is 18.6 Å². The van der Waals surface area contributed by atoms with Crippen LogP contribution in [0.3, 0.4) is 0 Å². The van der Waals surface area contributed by atoms with Crippen LogP contribution in [0.5, 0.6) is 5.75 Å². The number of thioether (sulfide) groups is 1. The second-order valence-electron chi connectivity index (χ2n) is 4.79. The molecule has 1 rings (SSSR count). The topological polar surface area (TPSA) is 45.7 Å². The summed E-state index contributed by atoms with van der Waals surface area (Å²) in [5, 5.41) is 6.66. The van der Waals surface area contributed by atoms with Crippen molar-refractivity contribution < 1.29 is 4.74 Å². The van der Waals surface area contributed by atoms with Crippen molar-refractivity contribution in [3.8, 4) is 5.75 Å². The monoisotopic (exact) mass is 387 g/mol. The maximum atomic E-state index is 5.24. The highest BCUT2D eigenvalue weighted by atomic mass is 79.9. The summed E-state index contributed by atoms with van der Waals surface area (Å²) in [5.41, 5.74) is 1.15. The summed E-state index contributed by atoms with van der Waals surface area (Å²) in [6.07, 6.45) is 4.55. The molecule has 0 radical (unpaired) electrons. The molecule has 0 bridgehead atoms. The Labute approximate surface area is 146 Å². The van der Waals surface area contributed by atoms with Crippen molar-refractivity contribution in [2.75, 3.05) is 32.2 Å². The molecule has 1 aromatic rings. The lowest BCUT2D eigenvalue weighted by Crippen LogP contribution is -2.37. The molecule has 0 aliphatic rings. The lowest BCUT2D eigenvalue weighted by Gasteiger charge is -2.11. The van der Waals surface area contributed by atoms with E-state index in [-0.39, 0.29) is 0 Å². The molecule has 22 heavy (non-hydrogen) atoms. The average Bonchev–Trinajstić information content (AvgIpc) is 2.52. The molecular weight excluding hydrogens is 362 g/mol. The van der Waals surface area contributed by atoms with E-state index in [0.29, 0.717) is 6.54 Å². The van der Waals surface area contributed by atoms with Crippen molar-refractivity contribution in [3.63, 3.8) is 0 Å². The highest BCUT2D eigenvalue weighted by Crippen LogP contribution is 2.25. The van der Waals surface area contributed by atoms with Crippen molar-refractivity contribution >= 4 is 33.7 Å². The average molecular weight is 388 g/mol. The molecule has 4 nitrogen and oxygen atoms in total. The van der Waals surface area contributed by atoms with Crippen molar-refractivity contribution in [2.45, 2.75) is 26.3 Å². The van der Waals surface area contributed by atoms with Gasteiger partial charge in [0, 0.05) is 13.1 Å². The number of unbranched alkanes of at least 4 members (excludes halogenated alkanes) is 1. The molecule has 0 saturated carbocycles. The van der Waals surface area contributed by atoms with E-state index in [4.69, 9.17) is 4.74 Å². The predicted octanol–water partition coefficient (Wildman–Crippen LogP) is 3.66. The molecule has 2 N–H and O–H groups in total. The Morgan fingerprint density at radius 3 is 2.77 bits per heavy atom. The molecule has 0 aromatic heterocycles. The van der Waals surface area contributed by atoms with Gasteiger partial charge in [0.25, 0.3) is 0 Å². The fourth-order valence-electron chi connectivity index (χ4n) is 1.90. The summed E-state index contributed by atoms with van der Waals surface area (Å²) >= 11 is 5.40. The van der Waals surface area contributed by atoms with Gasteiger partial charge < -0.3 is 15.4 Å². The summed E-state index contributed by atoms with van der Waals surface area (Å²) in [7, 11) is 1.67. The van der Waals surface area contributed by atoms with Crippen LogP contribution in [0.15, 0.2) is 27.7 Å². The fraction of sp³-hybridized carbons (Fsp3) is 0.562. The fourth-order valence-corrected chi connectivity index (χ4v) is 2.98. The number of nitrogens with one attached hydrogen (secondary N) is 2. The molecule has 0 heterocycles. The highest BCUT2D eigenvalue weighted by molar-refractivity contribution is 9.10. The summed E-state index contributed by atoms with van der Waals surface area (Å²) in [6, 6.07) is 6.04. The summed E-state index contributed by atoms with van der Waals surface area (Å²) in [6.45, 7) is 4.54. The quantitative estimate of drug-likeness (QED) is 0.385. The Bertz CT molecular complexity index is 469. The maximum absolute atomic E-state index is 5.24. The van der Waals surface area contributed by atoms with Gasteiger partial charge in [-0.3, -0.25) is 0 Å². The van der Waals surface area contributed by atoms with Crippen LogP contribution < -0.4 is 15.4 Å². The molecule has 0 unspecified atom stereocenters. The van der Waals surface area contributed by atoms with Gasteiger partial charge in [0.1, 0.15) is 5.75 Å². The normalized spacial score (nSPS) is 11.4. The maximum Gasteiger partial charge on any atom is 0.191 e. The summed E-state index contributed by atoms with van der Waals surface area (Å²) in [4.78, 5) is 4.63. The third kappa shape index (κ3) is 7.40. The summed E-state index contributed by atoms with van der Waals surface area (Å²) in [5.74, 6) is 2.93. The molecule has 0 amide bonds. The lowest BCUT2D eigenvalue weighted by atomic mass is 10.2. The zero-order valence-corrected chi connectivity index (χ0v) is 16.0. The summed E-state index contributed by atoms with van der Waals surface area (Å²) < 4.78 is 6.20. The van der Waals surface area contributed by atoms with E-state index < -0.39 is 0 Å². The van der Waals surface area contributed by atoms with E-state index >= 15 is 0 Å². The Balaban J connectivity index is 2.52. The first-order valence-electron chi connectivity index (χ1n) is 7.54. The molecule has 6 heteroatoms. The number of ether oxygens (including phenoxy) is 1. The van der Waals surface area contributed by atoms with Crippen LogP contribution in [-0.4, -0.2) is 38.2 Å². The van der Waals surface area contributed by atoms with Crippen molar-refractivity contribution in [1.82, 2.24) is 10.6 Å². The molecule has 124 valence electrons. The first kappa shape index (κ1) is 19.2. The number of guanidine groups is 1. The highest BCUT2D eigenvalue weighted by Gasteiger charge is 2.02. The molecule has 1 aromatic carbocycles. The second-order valence-corrected chi connectivity index (χ2v) is 6.63. The molecule has 0 atom stereocenters. The molecule has 0 aliphatic heterocycles. The Morgan fingerprint density at radius 2 is 2.14 bits per heavy atom. The van der Waals surface area contributed by atoms with Gasteiger partial charge >= 0.3 is 0 Å². The number of aliphatic imine (C=N–C) groups is 1. The molecule has 0 spiro atoms. The van der Waals surface area contributed by atoms with Crippen LogP contribution in [-0.2, 0) is 6.54 Å². The van der Waals surface area contributed by atoms with Crippen LogP contribution in [0.1, 0.15) is 25.3 Å². The van der Waals surface area contributed by atoms with Gasteiger partial charge in [0.15, 0.2) is 5.96 Å². The van der Waals surface area contributed by atoms with E-state index in [1.807, 2.05) is 30.0 Å². The number of halogens is 1. The number of hydrogen-bond donors (Lipinski definition) is 2. The number of hydrogen-bond acceptors (Lipinski definition) is 3. The minimum Gasteiger partial charge on any atom is -0.496 e. The van der Waals surface area contributed by atoms with Crippen LogP contribution in [0.4, 0.5) is 0 Å². The van der Waals surface area contributed by atoms with Crippen LogP contribution >= 0.6 is 27.7 Å². The predicted molar refractivity (Wildman–Crippen MR) is 101 cm³/mol. The van der Waals surface area contributed by atoms with Gasteiger partial charge in [-0.2, -0.15) is 11.8 Å². The third-order valence-electron chi connectivity index (χ3n) is 3.05. The van der Waals surface area contributed by atoms with Crippen molar-refractivity contribution in [1.29, 1.82) is 0 Å². The van der Waals surface area contributed by atoms with Gasteiger partial charge in [0.05, 0.1) is 18.1 Å². The third-order valence-corrected chi connectivity index (χ3v) is 4.36. The molecule has 0 fully saturated rings. The van der Waals surface area contributed by atoms with E-state index in [2.05, 4.69) is 44.7 Å². The minimum atomic E-state index is 0.642. The number of benzene rings is 1. The standard InChI is InChI=1S/C16H26BrN3OS/c1-4-18-16(19-9-5-6-10-22-3)20-12-13-7-8-15(21-2)14(17)11-13/h7-8,11H,4-6,9-10,12H2,1-3H3,(H2,18,19,20). The van der Waals surface area contributed by atoms with E-state index in [9.17, 15) is 0 Å². The number of nitrogens with zero attached hydrogens (tertiary/aromatic N) is 1. The van der Waals surface area contributed by atoms with Crippen LogP contribution in [0.2, 0.25) is 0 Å². The zero-order valence-electron chi connectivity index (χ0n) is 13.6. The van der Waals surface area contributed by atoms with Gasteiger partial charge in [-0.1, -0.05) is 6.07 Å². The Kier molecular flexibility index (Phi) is 10.2. The van der Waals surface area contributed by atoms with E-state index in [1.54, 1.807) is 7.11 Å². The number of rotatable bonds is 9.